The van der Waals surface area contributed by atoms with Gasteiger partial charge in [-0.3, -0.25) is 9.80 Å². The number of nitrogens with zero attached hydrogens (tertiary/aromatic N) is 2. The fourth-order valence-electron chi connectivity index (χ4n) is 4.07. The number of hydrogen-bond donors (Lipinski definition) is 4. The highest BCUT2D eigenvalue weighted by Crippen LogP contribution is 2.44. The van der Waals surface area contributed by atoms with Crippen molar-refractivity contribution in [2.75, 3.05) is 26.2 Å². The van der Waals surface area contributed by atoms with E-state index >= 15 is 0 Å². The summed E-state index contributed by atoms with van der Waals surface area (Å²) < 4.78 is 0. The van der Waals surface area contributed by atoms with E-state index in [0.29, 0.717) is 0 Å². The van der Waals surface area contributed by atoms with Gasteiger partial charge in [0.05, 0.1) is 5.56 Å². The molecule has 0 radical (unpaired) electrons. The fraction of sp³-hybridized carbons (Fsp3) is 0.632. The molecule has 4 N–H and O–H groups in total. The molecule has 0 bridgehead atoms. The van der Waals surface area contributed by atoms with Gasteiger partial charge < -0.3 is 20.4 Å². The monoisotopic (exact) mass is 364 g/mol. The molecule has 0 amide bonds. The second kappa shape index (κ2) is 8.14. The van der Waals surface area contributed by atoms with Gasteiger partial charge in [0.2, 0.25) is 5.75 Å². The Bertz CT molecular complexity index is 617. The van der Waals surface area contributed by atoms with Gasteiger partial charge in [0.15, 0.2) is 11.5 Å². The quantitative estimate of drug-likeness (QED) is 0.595. The Labute approximate surface area is 153 Å². The Morgan fingerprint density at radius 3 is 1.42 bits per heavy atom. The maximum Gasteiger partial charge on any atom is 0.336 e. The smallest absolute Gasteiger partial charge is 0.336 e. The average molecular weight is 364 g/mol. The molecule has 0 saturated carbocycles. The van der Waals surface area contributed by atoms with Crippen LogP contribution in [0, 0.1) is 0 Å². The Kier molecular flexibility index (Phi) is 5.88. The lowest BCUT2D eigenvalue weighted by molar-refractivity contribution is 0.0689. The van der Waals surface area contributed by atoms with E-state index < -0.39 is 23.2 Å². The van der Waals surface area contributed by atoms with E-state index in [1.165, 1.54) is 0 Å². The van der Waals surface area contributed by atoms with E-state index in [1.807, 2.05) is 0 Å². The van der Waals surface area contributed by atoms with E-state index in [1.54, 1.807) is 0 Å². The minimum absolute atomic E-state index is 0.0750. The molecular formula is C19H28N2O5. The van der Waals surface area contributed by atoms with Gasteiger partial charge in [0.1, 0.15) is 0 Å². The molecule has 7 nitrogen and oxygen atoms in total. The highest BCUT2D eigenvalue weighted by Gasteiger charge is 2.29. The van der Waals surface area contributed by atoms with Gasteiger partial charge in [-0.25, -0.2) is 4.79 Å². The fourth-order valence-corrected chi connectivity index (χ4v) is 4.07. The minimum Gasteiger partial charge on any atom is -0.504 e. The standard InChI is InChI=1S/C19H28N2O5/c22-16-13(11-20-7-3-1-4-8-20)15(19(25)26)14(17(23)18(16)24)12-21-9-5-2-6-10-21/h22-24H,1-12H2,(H,25,26). The van der Waals surface area contributed by atoms with Gasteiger partial charge in [0.25, 0.3) is 0 Å². The van der Waals surface area contributed by atoms with E-state index in [9.17, 15) is 25.2 Å². The number of likely N-dealkylation sites (tertiary alicyclic amines) is 2. The lowest BCUT2D eigenvalue weighted by Gasteiger charge is -2.30. The van der Waals surface area contributed by atoms with Crippen LogP contribution in [0.25, 0.3) is 0 Å². The molecule has 0 atom stereocenters. The summed E-state index contributed by atoms with van der Waals surface area (Å²) in [4.78, 5) is 16.2. The molecule has 0 aromatic heterocycles. The van der Waals surface area contributed by atoms with E-state index in [0.717, 1.165) is 64.7 Å². The molecule has 2 heterocycles. The first-order chi connectivity index (χ1) is 12.5. The molecule has 2 aliphatic heterocycles. The molecule has 0 unspecified atom stereocenters. The van der Waals surface area contributed by atoms with Crippen molar-refractivity contribution in [1.29, 1.82) is 0 Å². The zero-order valence-corrected chi connectivity index (χ0v) is 15.1. The maximum absolute atomic E-state index is 12.0. The molecule has 144 valence electrons. The number of phenolic OH excluding ortho intramolecular Hbond substituents is 3. The van der Waals surface area contributed by atoms with Crippen LogP contribution in [0.3, 0.4) is 0 Å². The van der Waals surface area contributed by atoms with Crippen molar-refractivity contribution in [3.63, 3.8) is 0 Å². The molecule has 0 aliphatic carbocycles. The van der Waals surface area contributed by atoms with Gasteiger partial charge >= 0.3 is 5.97 Å². The summed E-state index contributed by atoms with van der Waals surface area (Å²) in [5.41, 5.74) is 0.317. The number of piperidine rings is 2. The number of rotatable bonds is 5. The molecule has 7 heteroatoms. The van der Waals surface area contributed by atoms with Gasteiger partial charge in [-0.05, 0) is 51.9 Å². The summed E-state index contributed by atoms with van der Waals surface area (Å²) in [5.74, 6) is -2.84. The lowest BCUT2D eigenvalue weighted by atomic mass is 9.95. The van der Waals surface area contributed by atoms with Crippen LogP contribution in [0.2, 0.25) is 0 Å². The van der Waals surface area contributed by atoms with Crippen molar-refractivity contribution < 1.29 is 25.2 Å². The number of carbonyl (C=O) groups is 1. The Morgan fingerprint density at radius 2 is 1.08 bits per heavy atom. The summed E-state index contributed by atoms with van der Waals surface area (Å²) >= 11 is 0. The van der Waals surface area contributed by atoms with Gasteiger partial charge in [-0.15, -0.1) is 0 Å². The molecule has 0 spiro atoms. The van der Waals surface area contributed by atoms with Crippen LogP contribution in [0.15, 0.2) is 0 Å². The van der Waals surface area contributed by atoms with Crippen LogP contribution in [-0.4, -0.2) is 62.4 Å². The molecule has 2 aliphatic rings. The SMILES string of the molecule is O=C(O)c1c(CN2CCCCC2)c(O)c(O)c(O)c1CN1CCCCC1. The van der Waals surface area contributed by atoms with Gasteiger partial charge in [-0.1, -0.05) is 12.8 Å². The summed E-state index contributed by atoms with van der Waals surface area (Å²) in [6, 6.07) is 0. The van der Waals surface area contributed by atoms with Crippen LogP contribution in [0.4, 0.5) is 0 Å². The third kappa shape index (κ3) is 3.88. The molecule has 1 aromatic rings. The highest BCUT2D eigenvalue weighted by molar-refractivity contribution is 5.94. The van der Waals surface area contributed by atoms with Crippen LogP contribution in [0.1, 0.15) is 60.0 Å². The second-order valence-electron chi connectivity index (χ2n) is 7.36. The summed E-state index contributed by atoms with van der Waals surface area (Å²) in [6.07, 6.45) is 6.44. The van der Waals surface area contributed by atoms with Crippen molar-refractivity contribution in [2.45, 2.75) is 51.6 Å². The zero-order valence-electron chi connectivity index (χ0n) is 15.1. The third-order valence-corrected chi connectivity index (χ3v) is 5.50. The zero-order chi connectivity index (χ0) is 18.7. The normalized spacial score (nSPS) is 19.5. The average Bonchev–Trinajstić information content (AvgIpc) is 2.65. The first-order valence-electron chi connectivity index (χ1n) is 9.45. The Hall–Kier alpha value is -1.99. The number of hydrogen-bond acceptors (Lipinski definition) is 6. The molecule has 2 fully saturated rings. The van der Waals surface area contributed by atoms with Gasteiger partial charge in [0, 0.05) is 24.2 Å². The Morgan fingerprint density at radius 1 is 0.692 bits per heavy atom. The van der Waals surface area contributed by atoms with E-state index in [-0.39, 0.29) is 29.8 Å². The second-order valence-corrected chi connectivity index (χ2v) is 7.36. The number of carboxylic acid groups (broad SMARTS) is 1. The molecule has 3 rings (SSSR count). The number of benzene rings is 1. The van der Waals surface area contributed by atoms with Crippen molar-refractivity contribution in [2.24, 2.45) is 0 Å². The summed E-state index contributed by atoms with van der Waals surface area (Å²) in [7, 11) is 0. The largest absolute Gasteiger partial charge is 0.504 e. The topological polar surface area (TPSA) is 104 Å². The number of aromatic carboxylic acids is 1. The predicted molar refractivity (Wildman–Crippen MR) is 96.7 cm³/mol. The van der Waals surface area contributed by atoms with E-state index in [4.69, 9.17) is 0 Å². The minimum atomic E-state index is -1.19. The van der Waals surface area contributed by atoms with Crippen LogP contribution >= 0.6 is 0 Å². The predicted octanol–water partition coefficient (Wildman–Crippen LogP) is 2.47. The summed E-state index contributed by atoms with van der Waals surface area (Å²) in [6.45, 7) is 3.86. The van der Waals surface area contributed by atoms with Crippen molar-refractivity contribution in [1.82, 2.24) is 9.80 Å². The van der Waals surface area contributed by atoms with Crippen LogP contribution in [-0.2, 0) is 13.1 Å². The first-order valence-corrected chi connectivity index (χ1v) is 9.45. The summed E-state index contributed by atoms with van der Waals surface area (Å²) in [5, 5.41) is 40.7. The van der Waals surface area contributed by atoms with Gasteiger partial charge in [-0.2, -0.15) is 0 Å². The van der Waals surface area contributed by atoms with Crippen molar-refractivity contribution in [3.8, 4) is 17.2 Å². The molecular weight excluding hydrogens is 336 g/mol. The maximum atomic E-state index is 12.0. The van der Waals surface area contributed by atoms with Crippen molar-refractivity contribution in [3.05, 3.63) is 16.7 Å². The van der Waals surface area contributed by atoms with E-state index in [2.05, 4.69) is 9.80 Å². The van der Waals surface area contributed by atoms with Crippen molar-refractivity contribution >= 4 is 5.97 Å². The van der Waals surface area contributed by atoms with Crippen LogP contribution in [0.5, 0.6) is 17.2 Å². The molecule has 1 aromatic carbocycles. The number of carboxylic acids is 1. The van der Waals surface area contributed by atoms with Crippen LogP contribution < -0.4 is 0 Å². The molecule has 2 saturated heterocycles. The Balaban J connectivity index is 1.99. The first kappa shape index (κ1) is 18.8. The third-order valence-electron chi connectivity index (χ3n) is 5.50. The number of aromatic hydroxyl groups is 3. The number of phenols is 3. The highest BCUT2D eigenvalue weighted by atomic mass is 16.4. The lowest BCUT2D eigenvalue weighted by Crippen LogP contribution is -2.31. The molecule has 26 heavy (non-hydrogen) atoms.